The number of amides is 3. The highest BCUT2D eigenvalue weighted by Gasteiger charge is 2.44. The van der Waals surface area contributed by atoms with Gasteiger partial charge in [-0.1, -0.05) is 42.5 Å². The van der Waals surface area contributed by atoms with Gasteiger partial charge >= 0.3 is 12.1 Å². The number of nitro benzene ring substituents is 1. The number of hydrogen-bond acceptors (Lipinski definition) is 7. The Hall–Kier alpha value is -5.40. The maximum Gasteiger partial charge on any atom is 0.412 e. The molecular weight excluding hydrogens is 558 g/mol. The molecule has 3 amide bonds. The number of benzene rings is 3. The van der Waals surface area contributed by atoms with E-state index < -0.39 is 64.6 Å². The van der Waals surface area contributed by atoms with Gasteiger partial charge in [-0.05, 0) is 23.3 Å². The molecule has 0 saturated carbocycles. The van der Waals surface area contributed by atoms with E-state index in [1.165, 1.54) is 18.2 Å². The lowest BCUT2D eigenvalue weighted by Crippen LogP contribution is -2.54. The van der Waals surface area contributed by atoms with E-state index in [2.05, 4.69) is 5.32 Å². The number of carboxylic acids is 1. The molecule has 2 unspecified atom stereocenters. The Balaban J connectivity index is 1.65. The summed E-state index contributed by atoms with van der Waals surface area (Å²) in [4.78, 5) is 64.1. The third kappa shape index (κ3) is 7.02. The highest BCUT2D eigenvalue weighted by molar-refractivity contribution is 5.99. The molecule has 0 bridgehead atoms. The first-order valence-electron chi connectivity index (χ1n) is 12.5. The molecule has 0 spiro atoms. The van der Waals surface area contributed by atoms with Gasteiger partial charge in [0.1, 0.15) is 18.2 Å². The molecule has 3 aromatic carbocycles. The second kappa shape index (κ2) is 12.8. The van der Waals surface area contributed by atoms with E-state index >= 15 is 0 Å². The van der Waals surface area contributed by atoms with Crippen LogP contribution < -0.4 is 5.32 Å². The molecule has 1 heterocycles. The van der Waals surface area contributed by atoms with E-state index in [1.807, 2.05) is 0 Å². The van der Waals surface area contributed by atoms with Crippen LogP contribution >= 0.6 is 0 Å². The minimum absolute atomic E-state index is 0.0845. The smallest absolute Gasteiger partial charge is 0.412 e. The van der Waals surface area contributed by atoms with E-state index in [0.29, 0.717) is 11.6 Å². The van der Waals surface area contributed by atoms with Crippen LogP contribution in [0.4, 0.5) is 19.3 Å². The van der Waals surface area contributed by atoms with Crippen molar-refractivity contribution < 1.29 is 42.7 Å². The Morgan fingerprint density at radius 1 is 0.976 bits per heavy atom. The first-order valence-corrected chi connectivity index (χ1v) is 12.5. The summed E-state index contributed by atoms with van der Waals surface area (Å²) in [6.45, 7) is -0.589. The number of carboxylic acid groups (broad SMARTS) is 1. The Kier molecular flexibility index (Phi) is 9.05. The summed E-state index contributed by atoms with van der Waals surface area (Å²) in [5.74, 6) is -5.42. The van der Waals surface area contributed by atoms with Gasteiger partial charge in [0.15, 0.2) is 6.17 Å². The van der Waals surface area contributed by atoms with Gasteiger partial charge in [0.05, 0.1) is 17.4 Å². The molecule has 12 nitrogen and oxygen atoms in total. The molecule has 1 aliphatic rings. The molecule has 1 aliphatic heterocycles. The summed E-state index contributed by atoms with van der Waals surface area (Å²) in [6.07, 6.45) is -3.38. The van der Waals surface area contributed by atoms with Gasteiger partial charge in [-0.3, -0.25) is 29.4 Å². The van der Waals surface area contributed by atoms with E-state index in [9.17, 15) is 43.2 Å². The standard InChI is InChI=1S/C28H24F2N4O8/c29-20-11-19(12-21(30)14-20)27(38)32-9-10-33(28(39)42-16-17-5-2-1-3-6-17)26(32)25(37)31-23(15-24(35)36)18-7-4-8-22(13-18)34(40)41/h1-8,11-14,23,26H,9-10,15-16H2,(H,31,37)(H,35,36). The van der Waals surface area contributed by atoms with Crippen molar-refractivity contribution in [3.63, 3.8) is 0 Å². The average Bonchev–Trinajstić information content (AvgIpc) is 3.40. The molecule has 0 radical (unpaired) electrons. The van der Waals surface area contributed by atoms with Crippen molar-refractivity contribution >= 4 is 29.6 Å². The molecule has 4 rings (SSSR count). The molecule has 42 heavy (non-hydrogen) atoms. The van der Waals surface area contributed by atoms with Crippen molar-refractivity contribution in [3.8, 4) is 0 Å². The minimum atomic E-state index is -1.71. The predicted octanol–water partition coefficient (Wildman–Crippen LogP) is 3.63. The molecule has 14 heteroatoms. The zero-order valence-electron chi connectivity index (χ0n) is 21.8. The summed E-state index contributed by atoms with van der Waals surface area (Å²) >= 11 is 0. The van der Waals surface area contributed by atoms with E-state index in [1.54, 1.807) is 30.3 Å². The first-order chi connectivity index (χ1) is 20.0. The maximum atomic E-state index is 13.9. The maximum absolute atomic E-state index is 13.9. The van der Waals surface area contributed by atoms with Crippen LogP contribution in [0.25, 0.3) is 0 Å². The van der Waals surface area contributed by atoms with Gasteiger partial charge < -0.3 is 20.1 Å². The fraction of sp³-hybridized carbons (Fsp3) is 0.214. The Morgan fingerprint density at radius 2 is 1.64 bits per heavy atom. The lowest BCUT2D eigenvalue weighted by molar-refractivity contribution is -0.384. The summed E-state index contributed by atoms with van der Waals surface area (Å²) in [7, 11) is 0. The molecule has 3 aromatic rings. The van der Waals surface area contributed by atoms with Gasteiger partial charge in [-0.2, -0.15) is 0 Å². The number of non-ortho nitro benzene ring substituents is 1. The summed E-state index contributed by atoms with van der Waals surface area (Å²) in [5, 5.41) is 23.2. The normalized spacial score (nSPS) is 15.1. The molecular formula is C28H24F2N4O8. The van der Waals surface area contributed by atoms with Gasteiger partial charge in [0.2, 0.25) is 0 Å². The second-order valence-corrected chi connectivity index (χ2v) is 9.28. The number of carbonyl (C=O) groups is 4. The number of nitro groups is 1. The molecule has 2 atom stereocenters. The van der Waals surface area contributed by atoms with Gasteiger partial charge in [-0.15, -0.1) is 0 Å². The molecule has 1 fully saturated rings. The number of ether oxygens (including phenoxy) is 1. The Labute approximate surface area is 237 Å². The number of nitrogens with zero attached hydrogens (tertiary/aromatic N) is 3. The van der Waals surface area contributed by atoms with Crippen molar-refractivity contribution in [3.05, 3.63) is 111 Å². The molecule has 0 aliphatic carbocycles. The summed E-state index contributed by atoms with van der Waals surface area (Å²) in [5.41, 5.74) is -0.0535. The van der Waals surface area contributed by atoms with Crippen molar-refractivity contribution in [2.75, 3.05) is 13.1 Å². The number of nitrogens with one attached hydrogen (secondary N) is 1. The second-order valence-electron chi connectivity index (χ2n) is 9.28. The molecule has 1 saturated heterocycles. The van der Waals surface area contributed by atoms with Crippen LogP contribution in [0, 0.1) is 21.7 Å². The number of carbonyl (C=O) groups excluding carboxylic acids is 3. The highest BCUT2D eigenvalue weighted by atomic mass is 19.1. The van der Waals surface area contributed by atoms with E-state index in [4.69, 9.17) is 4.74 Å². The van der Waals surface area contributed by atoms with Crippen molar-refractivity contribution in [2.24, 2.45) is 0 Å². The van der Waals surface area contributed by atoms with E-state index in [0.717, 1.165) is 28.0 Å². The number of aliphatic carboxylic acids is 1. The highest BCUT2D eigenvalue weighted by Crippen LogP contribution is 2.25. The largest absolute Gasteiger partial charge is 0.481 e. The number of rotatable bonds is 9. The zero-order chi connectivity index (χ0) is 30.4. The van der Waals surface area contributed by atoms with Crippen LogP contribution in [0.15, 0.2) is 72.8 Å². The van der Waals surface area contributed by atoms with Crippen molar-refractivity contribution in [1.82, 2.24) is 15.1 Å². The number of halogens is 2. The lowest BCUT2D eigenvalue weighted by atomic mass is 10.0. The van der Waals surface area contributed by atoms with Crippen molar-refractivity contribution in [1.29, 1.82) is 0 Å². The van der Waals surface area contributed by atoms with Crippen LogP contribution in [0.1, 0.15) is 33.9 Å². The molecule has 0 aromatic heterocycles. The fourth-order valence-corrected chi connectivity index (χ4v) is 4.49. The lowest BCUT2D eigenvalue weighted by Gasteiger charge is -2.30. The van der Waals surface area contributed by atoms with Crippen LogP contribution in [0.3, 0.4) is 0 Å². The Morgan fingerprint density at radius 3 is 2.29 bits per heavy atom. The molecule has 218 valence electrons. The number of hydrogen-bond donors (Lipinski definition) is 2. The van der Waals surface area contributed by atoms with Crippen molar-refractivity contribution in [2.45, 2.75) is 25.2 Å². The molecule has 2 N–H and O–H groups in total. The first kappa shape index (κ1) is 29.6. The minimum Gasteiger partial charge on any atom is -0.481 e. The van der Waals surface area contributed by atoms with E-state index in [-0.39, 0.29) is 30.9 Å². The summed E-state index contributed by atoms with van der Waals surface area (Å²) < 4.78 is 33.1. The van der Waals surface area contributed by atoms with Gasteiger partial charge in [0.25, 0.3) is 17.5 Å². The zero-order valence-corrected chi connectivity index (χ0v) is 21.8. The van der Waals surface area contributed by atoms with Crippen LogP contribution in [-0.2, 0) is 20.9 Å². The quantitative estimate of drug-likeness (QED) is 0.286. The fourth-order valence-electron chi connectivity index (χ4n) is 4.49. The third-order valence-electron chi connectivity index (χ3n) is 6.40. The average molecular weight is 583 g/mol. The third-order valence-corrected chi connectivity index (χ3v) is 6.40. The van der Waals surface area contributed by atoms with Crippen LogP contribution in [-0.4, -0.2) is 63.0 Å². The SMILES string of the molecule is O=C(O)CC(NC(=O)C1N(C(=O)OCc2ccccc2)CCN1C(=O)c1cc(F)cc(F)c1)c1cccc([N+](=O)[O-])c1. The Bertz CT molecular complexity index is 1500. The predicted molar refractivity (Wildman–Crippen MR) is 141 cm³/mol. The topological polar surface area (TPSA) is 159 Å². The van der Waals surface area contributed by atoms with Crippen LogP contribution in [0.5, 0.6) is 0 Å². The van der Waals surface area contributed by atoms with Gasteiger partial charge in [-0.25, -0.2) is 13.6 Å². The van der Waals surface area contributed by atoms with Crippen LogP contribution in [0.2, 0.25) is 0 Å². The monoisotopic (exact) mass is 582 g/mol. The summed E-state index contributed by atoms with van der Waals surface area (Å²) in [6, 6.07) is 14.4. The van der Waals surface area contributed by atoms with Gasteiger partial charge in [0, 0.05) is 36.9 Å².